The number of aromatic nitrogens is 4. The summed E-state index contributed by atoms with van der Waals surface area (Å²) in [5.74, 6) is 0.455. The van der Waals surface area contributed by atoms with E-state index in [-0.39, 0.29) is 6.10 Å². The Morgan fingerprint density at radius 3 is 2.96 bits per heavy atom. The van der Waals surface area contributed by atoms with Crippen molar-refractivity contribution in [2.75, 3.05) is 18.5 Å². The van der Waals surface area contributed by atoms with Crippen LogP contribution in [0.25, 0.3) is 11.4 Å². The monoisotopic (exact) mass is 341 g/mol. The molecular weight excluding hydrogens is 322 g/mol. The van der Waals surface area contributed by atoms with E-state index in [1.54, 1.807) is 29.4 Å². The summed E-state index contributed by atoms with van der Waals surface area (Å²) < 4.78 is 5.94. The molecule has 7 heteroatoms. The predicted octanol–water partition coefficient (Wildman–Crippen LogP) is 3.13. The van der Waals surface area contributed by atoms with Crippen LogP contribution in [0.5, 0.6) is 0 Å². The van der Waals surface area contributed by atoms with Gasteiger partial charge in [0.25, 0.3) is 0 Å². The van der Waals surface area contributed by atoms with Gasteiger partial charge in [-0.25, -0.2) is 4.98 Å². The normalized spacial score (nSPS) is 20.4. The van der Waals surface area contributed by atoms with E-state index in [2.05, 4.69) is 44.8 Å². The van der Waals surface area contributed by atoms with Gasteiger partial charge in [0.05, 0.1) is 12.3 Å². The minimum atomic E-state index is 0.165. The van der Waals surface area contributed by atoms with Gasteiger partial charge in [0.2, 0.25) is 0 Å². The number of hydrogen-bond donors (Lipinski definition) is 1. The molecule has 24 heavy (non-hydrogen) atoms. The van der Waals surface area contributed by atoms with E-state index >= 15 is 0 Å². The van der Waals surface area contributed by atoms with Crippen molar-refractivity contribution in [3.63, 3.8) is 0 Å². The zero-order valence-electron chi connectivity index (χ0n) is 13.4. The van der Waals surface area contributed by atoms with Gasteiger partial charge in [0, 0.05) is 31.5 Å². The second-order valence-corrected chi connectivity index (χ2v) is 6.75. The van der Waals surface area contributed by atoms with Crippen LogP contribution in [0.3, 0.4) is 0 Å². The van der Waals surface area contributed by atoms with Crippen LogP contribution in [-0.4, -0.2) is 33.1 Å². The molecule has 0 aliphatic carbocycles. The molecule has 1 saturated heterocycles. The van der Waals surface area contributed by atoms with E-state index in [0.29, 0.717) is 5.92 Å². The lowest BCUT2D eigenvalue weighted by Gasteiger charge is -2.19. The van der Waals surface area contributed by atoms with E-state index < -0.39 is 0 Å². The van der Waals surface area contributed by atoms with Crippen LogP contribution in [0.2, 0.25) is 0 Å². The molecule has 0 spiro atoms. The van der Waals surface area contributed by atoms with Gasteiger partial charge in [0.1, 0.15) is 11.4 Å². The third-order valence-electron chi connectivity index (χ3n) is 4.22. The van der Waals surface area contributed by atoms with Crippen LogP contribution < -0.4 is 5.32 Å². The summed E-state index contributed by atoms with van der Waals surface area (Å²) >= 11 is 1.59. The minimum Gasteiger partial charge on any atom is -0.373 e. The summed E-state index contributed by atoms with van der Waals surface area (Å²) in [5.41, 5.74) is 2.91. The van der Waals surface area contributed by atoms with E-state index in [1.807, 2.05) is 11.4 Å². The average molecular weight is 341 g/mol. The summed E-state index contributed by atoms with van der Waals surface area (Å²) in [4.78, 5) is 6.15. The van der Waals surface area contributed by atoms with Gasteiger partial charge in [-0.05, 0) is 12.0 Å². The van der Waals surface area contributed by atoms with Gasteiger partial charge in [-0.3, -0.25) is 0 Å². The summed E-state index contributed by atoms with van der Waals surface area (Å²) in [5, 5.41) is 14.7. The Hall–Kier alpha value is -2.25. The molecule has 4 rings (SSSR count). The lowest BCUT2D eigenvalue weighted by molar-refractivity contribution is 0.0933. The molecule has 0 saturated carbocycles. The molecule has 0 radical (unpaired) electrons. The van der Waals surface area contributed by atoms with Crippen molar-refractivity contribution in [1.29, 1.82) is 0 Å². The molecule has 2 aromatic heterocycles. The highest BCUT2D eigenvalue weighted by molar-refractivity contribution is 7.14. The first-order valence-corrected chi connectivity index (χ1v) is 8.90. The maximum absolute atomic E-state index is 5.94. The molecule has 3 heterocycles. The molecule has 1 N–H and O–H groups in total. The lowest BCUT2D eigenvalue weighted by Crippen LogP contribution is -2.17. The third-order valence-corrected chi connectivity index (χ3v) is 5.02. The van der Waals surface area contributed by atoms with Crippen molar-refractivity contribution in [2.45, 2.75) is 12.5 Å². The van der Waals surface area contributed by atoms with Gasteiger partial charge in [-0.1, -0.05) is 30.3 Å². The zero-order chi connectivity index (χ0) is 16.4. The number of hydrogen-bond acceptors (Lipinski definition) is 6. The van der Waals surface area contributed by atoms with Crippen LogP contribution in [0.4, 0.5) is 5.13 Å². The number of anilines is 1. The highest BCUT2D eigenvalue weighted by atomic mass is 32.1. The molecule has 6 nitrogen and oxygen atoms in total. The Kier molecular flexibility index (Phi) is 4.27. The minimum absolute atomic E-state index is 0.165. The molecule has 1 aliphatic heterocycles. The molecule has 3 aromatic rings. The fraction of sp³-hybridized carbons (Fsp3) is 0.353. The van der Waals surface area contributed by atoms with Gasteiger partial charge < -0.3 is 10.1 Å². The second-order valence-electron chi connectivity index (χ2n) is 5.89. The summed E-state index contributed by atoms with van der Waals surface area (Å²) in [6.45, 7) is 1.67. The predicted molar refractivity (Wildman–Crippen MR) is 93.8 cm³/mol. The van der Waals surface area contributed by atoms with Crippen molar-refractivity contribution in [2.24, 2.45) is 13.0 Å². The first-order valence-electron chi connectivity index (χ1n) is 8.02. The number of aryl methyl sites for hydroxylation is 1. The molecule has 0 unspecified atom stereocenters. The van der Waals surface area contributed by atoms with Crippen LogP contribution in [0.15, 0.2) is 41.9 Å². The van der Waals surface area contributed by atoms with E-state index in [1.165, 1.54) is 5.56 Å². The number of ether oxygens (including phenoxy) is 1. The maximum Gasteiger partial charge on any atom is 0.183 e. The molecule has 0 amide bonds. The van der Waals surface area contributed by atoms with Crippen LogP contribution in [0, 0.1) is 5.92 Å². The Bertz CT molecular complexity index is 800. The highest BCUT2D eigenvalue weighted by Gasteiger charge is 2.29. The number of rotatable bonds is 5. The van der Waals surface area contributed by atoms with E-state index in [9.17, 15) is 0 Å². The van der Waals surface area contributed by atoms with Gasteiger partial charge in [-0.15, -0.1) is 11.3 Å². The van der Waals surface area contributed by atoms with Crippen molar-refractivity contribution in [3.8, 4) is 11.4 Å². The molecule has 1 aliphatic rings. The highest BCUT2D eigenvalue weighted by Crippen LogP contribution is 2.35. The van der Waals surface area contributed by atoms with Crippen LogP contribution in [-0.2, 0) is 11.8 Å². The number of nitrogens with one attached hydrogen (secondary N) is 1. The molecule has 124 valence electrons. The van der Waals surface area contributed by atoms with Gasteiger partial charge in [-0.2, -0.15) is 15.0 Å². The molecule has 1 fully saturated rings. The number of benzene rings is 1. The summed E-state index contributed by atoms with van der Waals surface area (Å²) in [6.07, 6.45) is 2.96. The number of thiazole rings is 1. The Morgan fingerprint density at radius 1 is 1.29 bits per heavy atom. The Balaban J connectivity index is 1.41. The quantitative estimate of drug-likeness (QED) is 0.772. The third kappa shape index (κ3) is 3.18. The molecular formula is C17H19N5OS. The summed E-state index contributed by atoms with van der Waals surface area (Å²) in [6, 6.07) is 10.4. The van der Waals surface area contributed by atoms with E-state index in [4.69, 9.17) is 4.74 Å². The molecule has 1 aromatic carbocycles. The fourth-order valence-electron chi connectivity index (χ4n) is 3.01. The Labute approximate surface area is 144 Å². The largest absolute Gasteiger partial charge is 0.373 e. The first kappa shape index (κ1) is 15.3. The standard InChI is InChI=1S/C17H19N5OS/c1-22-19-10-14(21-22)15-11-24-17(20-15)18-9-13-7-8-23-16(13)12-5-3-2-4-6-12/h2-6,10-11,13,16H,7-9H2,1H3,(H,18,20)/t13-,16-/m0/s1. The van der Waals surface area contributed by atoms with Gasteiger partial charge in [0.15, 0.2) is 5.13 Å². The SMILES string of the molecule is Cn1ncc(-c2csc(NC[C@@H]3CCO[C@H]3c3ccccc3)n2)n1. The topological polar surface area (TPSA) is 64.9 Å². The van der Waals surface area contributed by atoms with Crippen LogP contribution in [0.1, 0.15) is 18.1 Å². The first-order chi connectivity index (χ1) is 11.8. The number of nitrogens with zero attached hydrogens (tertiary/aromatic N) is 4. The maximum atomic E-state index is 5.94. The fourth-order valence-corrected chi connectivity index (χ4v) is 3.72. The Morgan fingerprint density at radius 2 is 2.17 bits per heavy atom. The van der Waals surface area contributed by atoms with Gasteiger partial charge >= 0.3 is 0 Å². The van der Waals surface area contributed by atoms with Crippen molar-refractivity contribution >= 4 is 16.5 Å². The van der Waals surface area contributed by atoms with Crippen molar-refractivity contribution in [1.82, 2.24) is 20.0 Å². The smallest absolute Gasteiger partial charge is 0.183 e. The molecule has 0 bridgehead atoms. The molecule has 2 atom stereocenters. The van der Waals surface area contributed by atoms with E-state index in [0.717, 1.165) is 36.1 Å². The van der Waals surface area contributed by atoms with Crippen molar-refractivity contribution < 1.29 is 4.74 Å². The second kappa shape index (κ2) is 6.70. The summed E-state index contributed by atoms with van der Waals surface area (Å²) in [7, 11) is 1.80. The lowest BCUT2D eigenvalue weighted by atomic mass is 9.95. The average Bonchev–Trinajstić information content (AvgIpc) is 3.34. The van der Waals surface area contributed by atoms with Crippen molar-refractivity contribution in [3.05, 3.63) is 47.5 Å². The zero-order valence-corrected chi connectivity index (χ0v) is 14.2. The van der Waals surface area contributed by atoms with Crippen LogP contribution >= 0.6 is 11.3 Å².